The maximum Gasteiger partial charge on any atom is 0.243 e. The molecule has 0 unspecified atom stereocenters. The van der Waals surface area contributed by atoms with E-state index in [1.165, 1.54) is 18.4 Å². The topological polar surface area (TPSA) is 96.0 Å². The Hall–Kier alpha value is -3.43. The molecule has 0 saturated heterocycles. The van der Waals surface area contributed by atoms with Crippen molar-refractivity contribution < 1.29 is 22.7 Å². The molecule has 1 N–H and O–H groups in total. The van der Waals surface area contributed by atoms with Gasteiger partial charge in [-0.2, -0.15) is 4.31 Å². The molecule has 208 valence electrons. The lowest BCUT2D eigenvalue weighted by Gasteiger charge is -2.32. The molecule has 0 radical (unpaired) electrons. The number of hydrogen-bond donors (Lipinski definition) is 1. The van der Waals surface area contributed by atoms with Gasteiger partial charge >= 0.3 is 0 Å². The number of ether oxygens (including phenoxy) is 1. The van der Waals surface area contributed by atoms with Gasteiger partial charge in [0.1, 0.15) is 11.8 Å². The minimum atomic E-state index is -3.95. The summed E-state index contributed by atoms with van der Waals surface area (Å²) in [5.74, 6) is -0.0654. The molecule has 1 aliphatic rings. The first-order valence-electron chi connectivity index (χ1n) is 13.4. The van der Waals surface area contributed by atoms with Gasteiger partial charge in [-0.1, -0.05) is 61.7 Å². The van der Waals surface area contributed by atoms with Crippen molar-refractivity contribution in [2.24, 2.45) is 0 Å². The Bertz CT molecular complexity index is 1420. The van der Waals surface area contributed by atoms with Crippen LogP contribution in [0.1, 0.15) is 44.6 Å². The van der Waals surface area contributed by atoms with E-state index in [-0.39, 0.29) is 23.4 Å². The minimum Gasteiger partial charge on any atom is -0.497 e. The third-order valence-electron chi connectivity index (χ3n) is 7.39. The second kappa shape index (κ2) is 12.6. The van der Waals surface area contributed by atoms with E-state index in [0.29, 0.717) is 5.75 Å². The smallest absolute Gasteiger partial charge is 0.243 e. The van der Waals surface area contributed by atoms with E-state index in [2.05, 4.69) is 5.32 Å². The van der Waals surface area contributed by atoms with Gasteiger partial charge in [0.15, 0.2) is 0 Å². The normalized spacial score (nSPS) is 15.2. The van der Waals surface area contributed by atoms with Crippen LogP contribution >= 0.6 is 0 Å². The monoisotopic (exact) mass is 551 g/mol. The van der Waals surface area contributed by atoms with Crippen LogP contribution in [0.2, 0.25) is 0 Å². The molecule has 1 fully saturated rings. The summed E-state index contributed by atoms with van der Waals surface area (Å²) in [6, 6.07) is 19.0. The lowest BCUT2D eigenvalue weighted by molar-refractivity contribution is -0.141. The van der Waals surface area contributed by atoms with Crippen LogP contribution in [0.25, 0.3) is 10.8 Å². The van der Waals surface area contributed by atoms with Crippen molar-refractivity contribution in [2.45, 2.75) is 62.6 Å². The van der Waals surface area contributed by atoms with Crippen LogP contribution in [0.3, 0.4) is 0 Å². The third-order valence-corrected chi connectivity index (χ3v) is 9.19. The van der Waals surface area contributed by atoms with E-state index in [0.717, 1.165) is 46.3 Å². The zero-order valence-electron chi connectivity index (χ0n) is 22.8. The molecule has 0 aliphatic heterocycles. The number of nitrogens with one attached hydrogen (secondary N) is 1. The molecule has 0 heterocycles. The molecule has 8 nitrogen and oxygen atoms in total. The van der Waals surface area contributed by atoms with Gasteiger partial charge in [-0.05, 0) is 60.4 Å². The van der Waals surface area contributed by atoms with Crippen LogP contribution in [0, 0.1) is 0 Å². The maximum atomic E-state index is 13.6. The Morgan fingerprint density at radius 3 is 2.41 bits per heavy atom. The summed E-state index contributed by atoms with van der Waals surface area (Å²) in [5.41, 5.74) is 0.778. The number of fused-ring (bicyclic) bond motifs is 1. The van der Waals surface area contributed by atoms with Crippen molar-refractivity contribution in [1.82, 2.24) is 14.5 Å². The summed E-state index contributed by atoms with van der Waals surface area (Å²) < 4.78 is 33.2. The zero-order valence-corrected chi connectivity index (χ0v) is 23.6. The number of sulfonamides is 1. The highest BCUT2D eigenvalue weighted by molar-refractivity contribution is 7.89. The van der Waals surface area contributed by atoms with E-state index >= 15 is 0 Å². The van der Waals surface area contributed by atoms with Crippen LogP contribution < -0.4 is 10.1 Å². The quantitative estimate of drug-likeness (QED) is 0.405. The lowest BCUT2D eigenvalue weighted by Crippen LogP contribution is -2.52. The average molecular weight is 552 g/mol. The zero-order chi connectivity index (χ0) is 28.0. The van der Waals surface area contributed by atoms with E-state index in [1.54, 1.807) is 38.3 Å². The number of nitrogens with zero attached hydrogens (tertiary/aromatic N) is 2. The van der Waals surface area contributed by atoms with E-state index in [9.17, 15) is 18.0 Å². The lowest BCUT2D eigenvalue weighted by atomic mass is 9.95. The second-order valence-electron chi connectivity index (χ2n) is 10.2. The number of carbonyl (C=O) groups excluding carboxylic acids is 2. The van der Waals surface area contributed by atoms with Gasteiger partial charge in [0.05, 0.1) is 18.6 Å². The van der Waals surface area contributed by atoms with E-state index in [1.807, 2.05) is 42.5 Å². The van der Waals surface area contributed by atoms with Crippen LogP contribution in [-0.4, -0.2) is 62.2 Å². The van der Waals surface area contributed by atoms with Crippen LogP contribution in [0.4, 0.5) is 0 Å². The summed E-state index contributed by atoms with van der Waals surface area (Å²) in [4.78, 5) is 28.4. The molecule has 2 amide bonds. The van der Waals surface area contributed by atoms with Gasteiger partial charge < -0.3 is 15.0 Å². The fourth-order valence-corrected chi connectivity index (χ4v) is 6.15. The maximum absolute atomic E-state index is 13.6. The van der Waals surface area contributed by atoms with Gasteiger partial charge in [-0.15, -0.1) is 0 Å². The number of rotatable bonds is 10. The molecule has 0 bridgehead atoms. The number of amides is 2. The van der Waals surface area contributed by atoms with Gasteiger partial charge in [0.25, 0.3) is 0 Å². The number of benzene rings is 3. The molecular formula is C30H37N3O5S. The largest absolute Gasteiger partial charge is 0.497 e. The molecule has 39 heavy (non-hydrogen) atoms. The highest BCUT2D eigenvalue weighted by atomic mass is 32.2. The van der Waals surface area contributed by atoms with Gasteiger partial charge in [0.2, 0.25) is 21.8 Å². The number of hydrogen-bond acceptors (Lipinski definition) is 5. The van der Waals surface area contributed by atoms with Crippen LogP contribution in [0.5, 0.6) is 5.75 Å². The second-order valence-corrected chi connectivity index (χ2v) is 12.2. The summed E-state index contributed by atoms with van der Waals surface area (Å²) in [6.07, 6.45) is 5.16. The molecule has 0 spiro atoms. The third kappa shape index (κ3) is 6.96. The van der Waals surface area contributed by atoms with Crippen molar-refractivity contribution in [1.29, 1.82) is 0 Å². The number of carbonyl (C=O) groups is 2. The fraction of sp³-hybridized carbons (Fsp3) is 0.400. The molecule has 3 aromatic rings. The van der Waals surface area contributed by atoms with Gasteiger partial charge in [-0.25, -0.2) is 8.42 Å². The standard InChI is InChI=1S/C30H37N3O5S/c1-22(30(35)31-26-13-5-4-6-14-26)33(20-23-10-9-15-27(18-23)38-3)29(34)21-32(2)39(36,37)28-17-16-24-11-7-8-12-25(24)19-28/h7-12,15-19,22,26H,4-6,13-14,20-21H2,1-3H3,(H,31,35)/t22-/m0/s1. The summed E-state index contributed by atoms with van der Waals surface area (Å²) in [7, 11) is -0.994. The molecule has 4 rings (SSSR count). The van der Waals surface area contributed by atoms with Crippen molar-refractivity contribution in [3.63, 3.8) is 0 Å². The highest BCUT2D eigenvalue weighted by Crippen LogP contribution is 2.23. The molecule has 1 aliphatic carbocycles. The fourth-order valence-electron chi connectivity index (χ4n) is 4.99. The molecule has 3 aromatic carbocycles. The number of likely N-dealkylation sites (N-methyl/N-ethyl adjacent to an activating group) is 1. The van der Waals surface area contributed by atoms with Gasteiger partial charge in [0, 0.05) is 19.6 Å². The molecule has 9 heteroatoms. The minimum absolute atomic E-state index is 0.0958. The molecule has 1 saturated carbocycles. The first-order chi connectivity index (χ1) is 18.7. The van der Waals surface area contributed by atoms with Crippen molar-refractivity contribution >= 4 is 32.6 Å². The summed E-state index contributed by atoms with van der Waals surface area (Å²) in [5, 5.41) is 4.82. The van der Waals surface area contributed by atoms with Crippen molar-refractivity contribution in [3.8, 4) is 5.75 Å². The molecule has 0 aromatic heterocycles. The molecule has 1 atom stereocenters. The Kier molecular flexibility index (Phi) is 9.24. The van der Waals surface area contributed by atoms with Gasteiger partial charge in [-0.3, -0.25) is 9.59 Å². The number of methoxy groups -OCH3 is 1. The molecular weight excluding hydrogens is 514 g/mol. The SMILES string of the molecule is COc1cccc(CN(C(=O)CN(C)S(=O)(=O)c2ccc3ccccc3c2)[C@@H](C)C(=O)NC2CCCCC2)c1. The Balaban J connectivity index is 1.55. The Morgan fingerprint density at radius 1 is 0.974 bits per heavy atom. The average Bonchev–Trinajstić information content (AvgIpc) is 2.95. The predicted molar refractivity (Wildman–Crippen MR) is 152 cm³/mol. The van der Waals surface area contributed by atoms with Crippen LogP contribution in [-0.2, 0) is 26.2 Å². The van der Waals surface area contributed by atoms with Crippen molar-refractivity contribution in [2.75, 3.05) is 20.7 Å². The first-order valence-corrected chi connectivity index (χ1v) is 14.8. The first kappa shape index (κ1) is 28.6. The van der Waals surface area contributed by atoms with Crippen molar-refractivity contribution in [3.05, 3.63) is 72.3 Å². The summed E-state index contributed by atoms with van der Waals surface area (Å²) in [6.45, 7) is 1.42. The van der Waals surface area contributed by atoms with E-state index < -0.39 is 28.5 Å². The Labute approximate surface area is 231 Å². The highest BCUT2D eigenvalue weighted by Gasteiger charge is 2.31. The summed E-state index contributed by atoms with van der Waals surface area (Å²) >= 11 is 0. The Morgan fingerprint density at radius 2 is 1.69 bits per heavy atom. The predicted octanol–water partition coefficient (Wildman–Crippen LogP) is 4.34. The van der Waals surface area contributed by atoms with Crippen LogP contribution in [0.15, 0.2) is 71.6 Å². The van der Waals surface area contributed by atoms with E-state index in [4.69, 9.17) is 4.74 Å².